The number of rotatable bonds is 11. The summed E-state index contributed by atoms with van der Waals surface area (Å²) in [6, 6.07) is 15.6. The van der Waals surface area contributed by atoms with Gasteiger partial charge in [0.15, 0.2) is 0 Å². The van der Waals surface area contributed by atoms with Gasteiger partial charge in [-0.3, -0.25) is 0 Å². The minimum atomic E-state index is -4.13. The first-order valence-electron chi connectivity index (χ1n) is 11.6. The summed E-state index contributed by atoms with van der Waals surface area (Å²) in [5.41, 5.74) is 3.18. The Morgan fingerprint density at radius 3 is 2.12 bits per heavy atom. The van der Waals surface area contributed by atoms with Crippen LogP contribution in [0.25, 0.3) is 11.1 Å². The second-order valence-electron chi connectivity index (χ2n) is 8.34. The Morgan fingerprint density at radius 2 is 1.53 bits per heavy atom. The molecular formula is C26H33F3O3. The van der Waals surface area contributed by atoms with E-state index < -0.39 is 12.6 Å². The Bertz CT molecular complexity index is 779. The molecule has 1 saturated heterocycles. The highest BCUT2D eigenvalue weighted by atomic mass is 19.4. The van der Waals surface area contributed by atoms with Crippen LogP contribution in [0.2, 0.25) is 0 Å². The smallest absolute Gasteiger partial charge is 0.389 e. The van der Waals surface area contributed by atoms with Crippen LogP contribution in [0.3, 0.4) is 0 Å². The first kappa shape index (κ1) is 24.6. The maximum absolute atomic E-state index is 12.2. The number of hydrogen-bond donors (Lipinski definition) is 0. The fourth-order valence-corrected chi connectivity index (χ4v) is 3.80. The van der Waals surface area contributed by atoms with Gasteiger partial charge in [0, 0.05) is 6.42 Å². The molecule has 0 N–H and O–H groups in total. The molecule has 2 aromatic rings. The third kappa shape index (κ3) is 8.14. The molecule has 2 aromatic carbocycles. The van der Waals surface area contributed by atoms with E-state index in [2.05, 4.69) is 31.2 Å². The molecule has 2 unspecified atom stereocenters. The summed E-state index contributed by atoms with van der Waals surface area (Å²) in [6.45, 7) is 3.49. The van der Waals surface area contributed by atoms with Crippen LogP contribution in [-0.2, 0) is 9.47 Å². The Kier molecular flexibility index (Phi) is 9.42. The summed E-state index contributed by atoms with van der Waals surface area (Å²) in [6.07, 6.45) is 1.19. The number of benzene rings is 2. The molecule has 1 heterocycles. The summed E-state index contributed by atoms with van der Waals surface area (Å²) in [5.74, 6) is 0.574. The number of hydrogen-bond acceptors (Lipinski definition) is 3. The quantitative estimate of drug-likeness (QED) is 0.332. The van der Waals surface area contributed by atoms with Gasteiger partial charge in [-0.1, -0.05) is 69.0 Å². The monoisotopic (exact) mass is 450 g/mol. The fraction of sp³-hybridized carbons (Fsp3) is 0.538. The van der Waals surface area contributed by atoms with E-state index in [9.17, 15) is 13.2 Å². The van der Waals surface area contributed by atoms with Crippen LogP contribution in [0.1, 0.15) is 63.5 Å². The van der Waals surface area contributed by atoms with E-state index in [0.29, 0.717) is 19.0 Å². The predicted octanol–water partition coefficient (Wildman–Crippen LogP) is 7.50. The average Bonchev–Trinajstić information content (AvgIpc) is 2.80. The van der Waals surface area contributed by atoms with Gasteiger partial charge < -0.3 is 14.2 Å². The molecule has 0 saturated carbocycles. The minimum absolute atomic E-state index is 0.0385. The second kappa shape index (κ2) is 12.3. The van der Waals surface area contributed by atoms with Crippen molar-refractivity contribution in [2.24, 2.45) is 0 Å². The van der Waals surface area contributed by atoms with Gasteiger partial charge in [-0.15, -0.1) is 0 Å². The van der Waals surface area contributed by atoms with Crippen molar-refractivity contribution in [3.8, 4) is 16.9 Å². The summed E-state index contributed by atoms with van der Waals surface area (Å²) in [5, 5.41) is 0. The molecule has 1 aliphatic heterocycles. The number of ether oxygens (including phenoxy) is 3. The van der Waals surface area contributed by atoms with E-state index in [0.717, 1.165) is 23.1 Å². The van der Waals surface area contributed by atoms with Crippen LogP contribution in [0.15, 0.2) is 48.5 Å². The summed E-state index contributed by atoms with van der Waals surface area (Å²) < 4.78 is 54.0. The van der Waals surface area contributed by atoms with Gasteiger partial charge in [0.25, 0.3) is 0 Å². The predicted molar refractivity (Wildman–Crippen MR) is 120 cm³/mol. The van der Waals surface area contributed by atoms with E-state index in [1.54, 1.807) is 12.1 Å². The van der Waals surface area contributed by atoms with E-state index in [4.69, 9.17) is 14.2 Å². The van der Waals surface area contributed by atoms with Crippen molar-refractivity contribution in [1.82, 2.24) is 0 Å². The van der Waals surface area contributed by atoms with Gasteiger partial charge in [0.1, 0.15) is 11.9 Å². The highest BCUT2D eigenvalue weighted by Crippen LogP contribution is 2.28. The summed E-state index contributed by atoms with van der Waals surface area (Å²) in [7, 11) is 0. The zero-order chi connectivity index (χ0) is 22.8. The van der Waals surface area contributed by atoms with Crippen molar-refractivity contribution >= 4 is 0 Å². The van der Waals surface area contributed by atoms with E-state index in [1.807, 2.05) is 12.1 Å². The zero-order valence-electron chi connectivity index (χ0n) is 18.7. The van der Waals surface area contributed by atoms with E-state index in [-0.39, 0.29) is 25.2 Å². The Labute approximate surface area is 188 Å². The highest BCUT2D eigenvalue weighted by Gasteiger charge is 2.26. The van der Waals surface area contributed by atoms with Gasteiger partial charge in [-0.05, 0) is 41.7 Å². The van der Waals surface area contributed by atoms with Gasteiger partial charge in [0.2, 0.25) is 0 Å². The highest BCUT2D eigenvalue weighted by molar-refractivity contribution is 5.64. The number of halogens is 3. The molecular weight excluding hydrogens is 417 g/mol. The maximum atomic E-state index is 12.2. The van der Waals surface area contributed by atoms with Crippen molar-refractivity contribution in [3.63, 3.8) is 0 Å². The molecule has 32 heavy (non-hydrogen) atoms. The SMILES string of the molecule is CCCCCCC1COC(c2ccc(-c3ccc(OCCCC(F)(F)F)cc3)cc2)CO1. The minimum Gasteiger partial charge on any atom is -0.494 e. The fourth-order valence-electron chi connectivity index (χ4n) is 3.80. The Hall–Kier alpha value is -2.05. The van der Waals surface area contributed by atoms with Gasteiger partial charge in [-0.2, -0.15) is 13.2 Å². The third-order valence-electron chi connectivity index (χ3n) is 5.69. The summed E-state index contributed by atoms with van der Waals surface area (Å²) in [4.78, 5) is 0. The van der Waals surface area contributed by atoms with Crippen molar-refractivity contribution in [2.45, 2.75) is 70.3 Å². The van der Waals surface area contributed by atoms with Crippen LogP contribution < -0.4 is 4.74 Å². The normalized spacial score (nSPS) is 19.1. The van der Waals surface area contributed by atoms with Gasteiger partial charge in [0.05, 0.1) is 25.9 Å². The van der Waals surface area contributed by atoms with Crippen molar-refractivity contribution < 1.29 is 27.4 Å². The third-order valence-corrected chi connectivity index (χ3v) is 5.69. The molecule has 0 amide bonds. The molecule has 0 aliphatic carbocycles. The lowest BCUT2D eigenvalue weighted by molar-refractivity contribution is -0.137. The lowest BCUT2D eigenvalue weighted by Crippen LogP contribution is -2.31. The molecule has 0 aromatic heterocycles. The van der Waals surface area contributed by atoms with Crippen molar-refractivity contribution in [3.05, 3.63) is 54.1 Å². The molecule has 3 nitrogen and oxygen atoms in total. The van der Waals surface area contributed by atoms with Crippen LogP contribution in [0.4, 0.5) is 13.2 Å². The molecule has 6 heteroatoms. The first-order chi connectivity index (χ1) is 15.4. The largest absolute Gasteiger partial charge is 0.494 e. The zero-order valence-corrected chi connectivity index (χ0v) is 18.7. The Morgan fingerprint density at radius 1 is 0.844 bits per heavy atom. The first-order valence-corrected chi connectivity index (χ1v) is 11.6. The Balaban J connectivity index is 1.44. The van der Waals surface area contributed by atoms with E-state index >= 15 is 0 Å². The molecule has 0 radical (unpaired) electrons. The number of alkyl halides is 3. The maximum Gasteiger partial charge on any atom is 0.389 e. The molecule has 1 aliphatic rings. The van der Waals surface area contributed by atoms with Gasteiger partial charge >= 0.3 is 6.18 Å². The van der Waals surface area contributed by atoms with Gasteiger partial charge in [-0.25, -0.2) is 0 Å². The molecule has 1 fully saturated rings. The molecule has 176 valence electrons. The standard InChI is InChI=1S/C26H33F3O3/c1-2-3-4-5-7-24-18-32-25(19-31-24)22-10-8-20(9-11-22)21-12-14-23(15-13-21)30-17-6-16-26(27,28)29/h8-15,24-25H,2-7,16-19H2,1H3. The molecule has 0 bridgehead atoms. The molecule has 0 spiro atoms. The van der Waals surface area contributed by atoms with E-state index in [1.165, 1.54) is 25.7 Å². The topological polar surface area (TPSA) is 27.7 Å². The van der Waals surface area contributed by atoms with Crippen molar-refractivity contribution in [1.29, 1.82) is 0 Å². The second-order valence-corrected chi connectivity index (χ2v) is 8.34. The van der Waals surface area contributed by atoms with Crippen LogP contribution in [0.5, 0.6) is 5.75 Å². The van der Waals surface area contributed by atoms with Crippen LogP contribution in [0, 0.1) is 0 Å². The van der Waals surface area contributed by atoms with Crippen molar-refractivity contribution in [2.75, 3.05) is 19.8 Å². The van der Waals surface area contributed by atoms with Crippen LogP contribution >= 0.6 is 0 Å². The lowest BCUT2D eigenvalue weighted by Gasteiger charge is -2.30. The average molecular weight is 451 g/mol. The van der Waals surface area contributed by atoms with Crippen LogP contribution in [-0.4, -0.2) is 32.1 Å². The summed E-state index contributed by atoms with van der Waals surface area (Å²) >= 11 is 0. The molecule has 2 atom stereocenters. The molecule has 3 rings (SSSR count). The lowest BCUT2D eigenvalue weighted by atomic mass is 10.0. The number of unbranched alkanes of at least 4 members (excludes halogenated alkanes) is 3.